The number of likely N-dealkylation sites (tertiary alicyclic amines) is 1. The Kier molecular flexibility index (Phi) is 4.99. The molecule has 1 aliphatic heterocycles. The van der Waals surface area contributed by atoms with Crippen molar-refractivity contribution in [1.29, 1.82) is 0 Å². The summed E-state index contributed by atoms with van der Waals surface area (Å²) < 4.78 is 0. The summed E-state index contributed by atoms with van der Waals surface area (Å²) in [6, 6.07) is 7.98. The fourth-order valence-electron chi connectivity index (χ4n) is 2.96. The second-order valence-electron chi connectivity index (χ2n) is 5.78. The second-order valence-corrected chi connectivity index (χ2v) is 5.78. The fraction of sp³-hybridized carbons (Fsp3) is 0.529. The Balaban J connectivity index is 2.00. The Morgan fingerprint density at radius 3 is 2.71 bits per heavy atom. The number of benzene rings is 1. The average molecular weight is 288 g/mol. The lowest BCUT2D eigenvalue weighted by molar-refractivity contribution is -0.130. The number of amides is 2. The van der Waals surface area contributed by atoms with Gasteiger partial charge >= 0.3 is 0 Å². The molecular weight excluding hydrogens is 264 g/mol. The lowest BCUT2D eigenvalue weighted by Gasteiger charge is -2.26. The van der Waals surface area contributed by atoms with Crippen LogP contribution < -0.4 is 5.32 Å². The Hall–Kier alpha value is -1.84. The first-order valence-electron chi connectivity index (χ1n) is 7.72. The van der Waals surface area contributed by atoms with Crippen molar-refractivity contribution in [3.8, 4) is 0 Å². The molecular formula is C17H24N2O2. The molecule has 0 spiro atoms. The highest BCUT2D eigenvalue weighted by Crippen LogP contribution is 2.24. The van der Waals surface area contributed by atoms with Crippen molar-refractivity contribution in [2.45, 2.75) is 46.1 Å². The molecule has 4 heteroatoms. The van der Waals surface area contributed by atoms with Gasteiger partial charge in [0, 0.05) is 24.7 Å². The molecule has 1 saturated heterocycles. The maximum absolute atomic E-state index is 12.3. The molecule has 4 nitrogen and oxygen atoms in total. The third-order valence-electron chi connectivity index (χ3n) is 4.20. The van der Waals surface area contributed by atoms with E-state index in [0.717, 1.165) is 24.1 Å². The molecule has 1 aromatic carbocycles. The maximum atomic E-state index is 12.3. The zero-order valence-corrected chi connectivity index (χ0v) is 13.1. The molecule has 1 N–H and O–H groups in total. The molecule has 21 heavy (non-hydrogen) atoms. The van der Waals surface area contributed by atoms with Gasteiger partial charge in [0.15, 0.2) is 0 Å². The van der Waals surface area contributed by atoms with Crippen LogP contribution in [-0.4, -0.2) is 29.3 Å². The number of rotatable bonds is 5. The minimum Gasteiger partial charge on any atom is -0.339 e. The van der Waals surface area contributed by atoms with Crippen molar-refractivity contribution in [3.63, 3.8) is 0 Å². The molecule has 2 rings (SSSR count). The van der Waals surface area contributed by atoms with E-state index in [-0.39, 0.29) is 23.8 Å². The van der Waals surface area contributed by atoms with Crippen LogP contribution >= 0.6 is 0 Å². The predicted octanol–water partition coefficient (Wildman–Crippen LogP) is 2.97. The van der Waals surface area contributed by atoms with E-state index >= 15 is 0 Å². The lowest BCUT2D eigenvalue weighted by Crippen LogP contribution is -2.36. The van der Waals surface area contributed by atoms with Crippen LogP contribution in [0.4, 0.5) is 5.69 Å². The number of hydrogen-bond donors (Lipinski definition) is 1. The van der Waals surface area contributed by atoms with Gasteiger partial charge in [-0.05, 0) is 37.5 Å². The SMILES string of the molecule is CCC(CC)N1C[C@H](C(=O)Nc2cccc(C)c2)CC1=O. The highest BCUT2D eigenvalue weighted by Gasteiger charge is 2.36. The number of aryl methyl sites for hydroxylation is 1. The van der Waals surface area contributed by atoms with Crippen LogP contribution in [0.1, 0.15) is 38.7 Å². The molecule has 2 amide bonds. The van der Waals surface area contributed by atoms with E-state index in [2.05, 4.69) is 19.2 Å². The van der Waals surface area contributed by atoms with Gasteiger partial charge in [0.05, 0.1) is 5.92 Å². The van der Waals surface area contributed by atoms with Gasteiger partial charge in [-0.1, -0.05) is 26.0 Å². The van der Waals surface area contributed by atoms with Crippen molar-refractivity contribution in [3.05, 3.63) is 29.8 Å². The normalized spacial score (nSPS) is 18.4. The summed E-state index contributed by atoms with van der Waals surface area (Å²) in [5, 5.41) is 2.92. The van der Waals surface area contributed by atoms with Crippen LogP contribution in [0.25, 0.3) is 0 Å². The van der Waals surface area contributed by atoms with E-state index in [9.17, 15) is 9.59 Å². The van der Waals surface area contributed by atoms with Gasteiger partial charge in [-0.3, -0.25) is 9.59 Å². The Morgan fingerprint density at radius 1 is 1.38 bits per heavy atom. The molecule has 1 aliphatic rings. The lowest BCUT2D eigenvalue weighted by atomic mass is 10.1. The number of nitrogens with one attached hydrogen (secondary N) is 1. The first-order chi connectivity index (χ1) is 10.0. The monoisotopic (exact) mass is 288 g/mol. The van der Waals surface area contributed by atoms with E-state index in [4.69, 9.17) is 0 Å². The molecule has 1 fully saturated rings. The third kappa shape index (κ3) is 3.63. The minimum atomic E-state index is -0.237. The molecule has 0 aliphatic carbocycles. The highest BCUT2D eigenvalue weighted by molar-refractivity contribution is 5.97. The zero-order chi connectivity index (χ0) is 15.4. The Morgan fingerprint density at radius 2 is 2.10 bits per heavy atom. The predicted molar refractivity (Wildman–Crippen MR) is 84.0 cm³/mol. The average Bonchev–Trinajstić information content (AvgIpc) is 2.83. The van der Waals surface area contributed by atoms with Crippen molar-refractivity contribution in [2.75, 3.05) is 11.9 Å². The third-order valence-corrected chi connectivity index (χ3v) is 4.20. The second kappa shape index (κ2) is 6.74. The smallest absolute Gasteiger partial charge is 0.229 e. The van der Waals surface area contributed by atoms with E-state index in [1.807, 2.05) is 36.1 Å². The summed E-state index contributed by atoms with van der Waals surface area (Å²) in [5.41, 5.74) is 1.90. The number of hydrogen-bond acceptors (Lipinski definition) is 2. The molecule has 0 unspecified atom stereocenters. The van der Waals surface area contributed by atoms with Crippen molar-refractivity contribution in [1.82, 2.24) is 4.90 Å². The zero-order valence-electron chi connectivity index (χ0n) is 13.1. The summed E-state index contributed by atoms with van der Waals surface area (Å²) in [6.07, 6.45) is 2.21. The van der Waals surface area contributed by atoms with E-state index in [1.165, 1.54) is 0 Å². The van der Waals surface area contributed by atoms with Crippen LogP contribution in [0, 0.1) is 12.8 Å². The van der Waals surface area contributed by atoms with Crippen LogP contribution in [0.2, 0.25) is 0 Å². The molecule has 0 bridgehead atoms. The van der Waals surface area contributed by atoms with Gasteiger partial charge < -0.3 is 10.2 Å². The van der Waals surface area contributed by atoms with E-state index in [0.29, 0.717) is 13.0 Å². The standard InChI is InChI=1S/C17H24N2O2/c1-4-15(5-2)19-11-13(10-16(19)20)17(21)18-14-8-6-7-12(3)9-14/h6-9,13,15H,4-5,10-11H2,1-3H3,(H,18,21)/t13-/m1/s1. The molecule has 0 aromatic heterocycles. The van der Waals surface area contributed by atoms with Gasteiger partial charge in [0.2, 0.25) is 11.8 Å². The first kappa shape index (κ1) is 15.5. The van der Waals surface area contributed by atoms with Gasteiger partial charge in [0.1, 0.15) is 0 Å². The van der Waals surface area contributed by atoms with Crippen molar-refractivity contribution in [2.24, 2.45) is 5.92 Å². The van der Waals surface area contributed by atoms with Crippen LogP contribution in [-0.2, 0) is 9.59 Å². The number of nitrogens with zero attached hydrogens (tertiary/aromatic N) is 1. The summed E-state index contributed by atoms with van der Waals surface area (Å²) >= 11 is 0. The quantitative estimate of drug-likeness (QED) is 0.905. The maximum Gasteiger partial charge on any atom is 0.229 e. The topological polar surface area (TPSA) is 49.4 Å². The first-order valence-corrected chi connectivity index (χ1v) is 7.72. The highest BCUT2D eigenvalue weighted by atomic mass is 16.2. The number of anilines is 1. The van der Waals surface area contributed by atoms with Gasteiger partial charge in [-0.25, -0.2) is 0 Å². The minimum absolute atomic E-state index is 0.0533. The van der Waals surface area contributed by atoms with Crippen LogP contribution in [0.3, 0.4) is 0 Å². The Labute approximate surface area is 126 Å². The molecule has 0 radical (unpaired) electrons. The van der Waals surface area contributed by atoms with Crippen molar-refractivity contribution < 1.29 is 9.59 Å². The molecule has 114 valence electrons. The molecule has 0 saturated carbocycles. The van der Waals surface area contributed by atoms with E-state index < -0.39 is 0 Å². The molecule has 1 aromatic rings. The van der Waals surface area contributed by atoms with Crippen LogP contribution in [0.15, 0.2) is 24.3 Å². The molecule has 1 atom stereocenters. The summed E-state index contributed by atoms with van der Waals surface area (Å²) in [7, 11) is 0. The summed E-state index contributed by atoms with van der Waals surface area (Å²) in [6.45, 7) is 6.70. The number of carbonyl (C=O) groups is 2. The molecule has 1 heterocycles. The fourth-order valence-corrected chi connectivity index (χ4v) is 2.96. The van der Waals surface area contributed by atoms with Gasteiger partial charge in [-0.2, -0.15) is 0 Å². The van der Waals surface area contributed by atoms with Crippen molar-refractivity contribution >= 4 is 17.5 Å². The number of carbonyl (C=O) groups excluding carboxylic acids is 2. The summed E-state index contributed by atoms with van der Waals surface area (Å²) in [4.78, 5) is 26.3. The van der Waals surface area contributed by atoms with Gasteiger partial charge in [-0.15, -0.1) is 0 Å². The largest absolute Gasteiger partial charge is 0.339 e. The Bertz CT molecular complexity index is 523. The van der Waals surface area contributed by atoms with E-state index in [1.54, 1.807) is 0 Å². The van der Waals surface area contributed by atoms with Crippen LogP contribution in [0.5, 0.6) is 0 Å². The van der Waals surface area contributed by atoms with Gasteiger partial charge in [0.25, 0.3) is 0 Å². The summed E-state index contributed by atoms with van der Waals surface area (Å²) in [5.74, 6) is -0.186.